The minimum atomic E-state index is 0.617. The highest BCUT2D eigenvalue weighted by Gasteiger charge is 2.05. The van der Waals surface area contributed by atoms with Crippen molar-refractivity contribution in [3.8, 4) is 11.5 Å². The average molecular weight is 305 g/mol. The first-order valence-electron chi connectivity index (χ1n) is 7.14. The van der Waals surface area contributed by atoms with Crippen molar-refractivity contribution in [1.82, 2.24) is 10.3 Å². The molecule has 0 amide bonds. The van der Waals surface area contributed by atoms with Crippen molar-refractivity contribution < 1.29 is 4.74 Å². The summed E-state index contributed by atoms with van der Waals surface area (Å²) < 4.78 is 5.83. The number of halogens is 1. The molecule has 0 fully saturated rings. The van der Waals surface area contributed by atoms with Crippen LogP contribution in [0, 0.1) is 12.8 Å². The van der Waals surface area contributed by atoms with E-state index < -0.39 is 0 Å². The van der Waals surface area contributed by atoms with Gasteiger partial charge < -0.3 is 10.1 Å². The second-order valence-corrected chi connectivity index (χ2v) is 5.95. The summed E-state index contributed by atoms with van der Waals surface area (Å²) in [6.07, 6.45) is 1.75. The number of hydrogen-bond acceptors (Lipinski definition) is 3. The number of hydrogen-bond donors (Lipinski definition) is 1. The Bertz CT molecular complexity index is 599. The molecule has 0 unspecified atom stereocenters. The molecule has 0 saturated carbocycles. The van der Waals surface area contributed by atoms with Crippen molar-refractivity contribution >= 4 is 11.6 Å². The molecule has 0 saturated heterocycles. The Kier molecular flexibility index (Phi) is 5.59. The van der Waals surface area contributed by atoms with Gasteiger partial charge in [0.25, 0.3) is 0 Å². The molecule has 0 aliphatic carbocycles. The van der Waals surface area contributed by atoms with Gasteiger partial charge in [0.2, 0.25) is 0 Å². The van der Waals surface area contributed by atoms with Crippen molar-refractivity contribution in [2.75, 3.05) is 6.54 Å². The summed E-state index contributed by atoms with van der Waals surface area (Å²) in [5.41, 5.74) is 2.07. The molecular formula is C17H21ClN2O. The summed E-state index contributed by atoms with van der Waals surface area (Å²) in [5, 5.41) is 3.98. The Balaban J connectivity index is 2.03. The lowest BCUT2D eigenvalue weighted by Gasteiger charge is -2.10. The van der Waals surface area contributed by atoms with Crippen LogP contribution in [0.2, 0.25) is 5.02 Å². The van der Waals surface area contributed by atoms with E-state index in [9.17, 15) is 0 Å². The predicted octanol–water partition coefficient (Wildman–Crippen LogP) is 4.58. The highest BCUT2D eigenvalue weighted by molar-refractivity contribution is 6.32. The molecule has 1 N–H and O–H groups in total. The van der Waals surface area contributed by atoms with Crippen molar-refractivity contribution in [2.24, 2.45) is 5.92 Å². The van der Waals surface area contributed by atoms with E-state index in [0.717, 1.165) is 30.1 Å². The fourth-order valence-corrected chi connectivity index (χ4v) is 2.19. The lowest BCUT2D eigenvalue weighted by molar-refractivity contribution is 0.479. The molecule has 1 aromatic heterocycles. The monoisotopic (exact) mass is 304 g/mol. The number of aryl methyl sites for hydroxylation is 1. The maximum absolute atomic E-state index is 6.18. The first-order valence-corrected chi connectivity index (χ1v) is 7.52. The van der Waals surface area contributed by atoms with Crippen LogP contribution in [0.1, 0.15) is 25.1 Å². The Morgan fingerprint density at radius 1 is 1.24 bits per heavy atom. The van der Waals surface area contributed by atoms with Gasteiger partial charge >= 0.3 is 0 Å². The van der Waals surface area contributed by atoms with Crippen molar-refractivity contribution in [1.29, 1.82) is 0 Å². The Hall–Kier alpha value is -1.58. The molecule has 1 aromatic carbocycles. The molecule has 21 heavy (non-hydrogen) atoms. The third-order valence-electron chi connectivity index (χ3n) is 2.96. The standard InChI is InChI=1S/C17H21ClN2O/c1-12(2)10-19-11-14-9-15(6-7-20-14)21-17-5-4-13(3)8-16(17)18/h4-9,12,19H,10-11H2,1-3H3. The van der Waals surface area contributed by atoms with Gasteiger partial charge in [-0.15, -0.1) is 0 Å². The van der Waals surface area contributed by atoms with Crippen LogP contribution in [0.15, 0.2) is 36.5 Å². The number of aromatic nitrogens is 1. The van der Waals surface area contributed by atoms with Gasteiger partial charge in [0.15, 0.2) is 0 Å². The first-order chi connectivity index (χ1) is 10.0. The van der Waals surface area contributed by atoms with E-state index in [2.05, 4.69) is 24.1 Å². The van der Waals surface area contributed by atoms with E-state index >= 15 is 0 Å². The van der Waals surface area contributed by atoms with Gasteiger partial charge in [-0.05, 0) is 43.1 Å². The van der Waals surface area contributed by atoms with Gasteiger partial charge in [-0.2, -0.15) is 0 Å². The minimum absolute atomic E-state index is 0.617. The number of nitrogens with one attached hydrogen (secondary N) is 1. The molecule has 2 aromatic rings. The summed E-state index contributed by atoms with van der Waals surface area (Å²) in [6.45, 7) is 8.06. The maximum atomic E-state index is 6.18. The topological polar surface area (TPSA) is 34.1 Å². The van der Waals surface area contributed by atoms with Crippen LogP contribution in [-0.4, -0.2) is 11.5 Å². The van der Waals surface area contributed by atoms with E-state index in [1.165, 1.54) is 0 Å². The van der Waals surface area contributed by atoms with Crippen LogP contribution in [0.3, 0.4) is 0 Å². The molecular weight excluding hydrogens is 284 g/mol. The molecule has 1 heterocycles. The Morgan fingerprint density at radius 3 is 2.76 bits per heavy atom. The molecule has 0 spiro atoms. The quantitative estimate of drug-likeness (QED) is 0.848. The normalized spacial score (nSPS) is 10.9. The summed E-state index contributed by atoms with van der Waals surface area (Å²) in [4.78, 5) is 4.34. The molecule has 0 bridgehead atoms. The fraction of sp³-hybridized carbons (Fsp3) is 0.353. The van der Waals surface area contributed by atoms with Crippen LogP contribution in [-0.2, 0) is 6.54 Å². The van der Waals surface area contributed by atoms with Gasteiger partial charge in [0.05, 0.1) is 10.7 Å². The Morgan fingerprint density at radius 2 is 2.05 bits per heavy atom. The zero-order chi connectivity index (χ0) is 15.2. The number of benzene rings is 1. The predicted molar refractivity (Wildman–Crippen MR) is 87.0 cm³/mol. The van der Waals surface area contributed by atoms with E-state index in [1.54, 1.807) is 6.20 Å². The van der Waals surface area contributed by atoms with Crippen molar-refractivity contribution in [3.63, 3.8) is 0 Å². The van der Waals surface area contributed by atoms with Gasteiger partial charge in [0.1, 0.15) is 11.5 Å². The fourth-order valence-electron chi connectivity index (χ4n) is 1.92. The number of rotatable bonds is 6. The van der Waals surface area contributed by atoms with Crippen LogP contribution in [0.4, 0.5) is 0 Å². The highest BCUT2D eigenvalue weighted by atomic mass is 35.5. The largest absolute Gasteiger partial charge is 0.456 e. The van der Waals surface area contributed by atoms with Gasteiger partial charge in [-0.25, -0.2) is 0 Å². The summed E-state index contributed by atoms with van der Waals surface area (Å²) in [6, 6.07) is 9.52. The first kappa shape index (κ1) is 15.8. The van der Waals surface area contributed by atoms with Gasteiger partial charge in [0, 0.05) is 18.8 Å². The number of pyridine rings is 1. The third kappa shape index (κ3) is 5.03. The van der Waals surface area contributed by atoms with Crippen molar-refractivity contribution in [3.05, 3.63) is 52.8 Å². The molecule has 0 atom stereocenters. The Labute approximate surface area is 131 Å². The molecule has 112 valence electrons. The third-order valence-corrected chi connectivity index (χ3v) is 3.26. The lowest BCUT2D eigenvalue weighted by atomic mass is 10.2. The highest BCUT2D eigenvalue weighted by Crippen LogP contribution is 2.29. The smallest absolute Gasteiger partial charge is 0.146 e. The zero-order valence-electron chi connectivity index (χ0n) is 12.7. The lowest BCUT2D eigenvalue weighted by Crippen LogP contribution is -2.19. The van der Waals surface area contributed by atoms with E-state index in [4.69, 9.17) is 16.3 Å². The molecule has 0 aliphatic heterocycles. The van der Waals surface area contributed by atoms with E-state index in [1.807, 2.05) is 37.3 Å². The van der Waals surface area contributed by atoms with Crippen molar-refractivity contribution in [2.45, 2.75) is 27.3 Å². The van der Waals surface area contributed by atoms with Crippen LogP contribution < -0.4 is 10.1 Å². The zero-order valence-corrected chi connectivity index (χ0v) is 13.4. The van der Waals surface area contributed by atoms with Gasteiger partial charge in [-0.1, -0.05) is 31.5 Å². The average Bonchev–Trinajstić information content (AvgIpc) is 2.42. The molecule has 3 nitrogen and oxygen atoms in total. The SMILES string of the molecule is Cc1ccc(Oc2ccnc(CNCC(C)C)c2)c(Cl)c1. The molecule has 0 aliphatic rings. The van der Waals surface area contributed by atoms with E-state index in [-0.39, 0.29) is 0 Å². The number of ether oxygens (including phenoxy) is 1. The summed E-state index contributed by atoms with van der Waals surface area (Å²) in [7, 11) is 0. The second-order valence-electron chi connectivity index (χ2n) is 5.54. The molecule has 4 heteroatoms. The molecule has 0 radical (unpaired) electrons. The summed E-state index contributed by atoms with van der Waals surface area (Å²) >= 11 is 6.18. The van der Waals surface area contributed by atoms with Crippen LogP contribution in [0.5, 0.6) is 11.5 Å². The minimum Gasteiger partial charge on any atom is -0.456 e. The van der Waals surface area contributed by atoms with Crippen LogP contribution in [0.25, 0.3) is 0 Å². The summed E-state index contributed by atoms with van der Waals surface area (Å²) in [5.74, 6) is 2.03. The van der Waals surface area contributed by atoms with E-state index in [0.29, 0.717) is 16.7 Å². The molecule has 2 rings (SSSR count). The van der Waals surface area contributed by atoms with Gasteiger partial charge in [-0.3, -0.25) is 4.98 Å². The maximum Gasteiger partial charge on any atom is 0.146 e. The van der Waals surface area contributed by atoms with Crippen LogP contribution >= 0.6 is 11.6 Å². The second kappa shape index (κ2) is 7.43. The number of nitrogens with zero attached hydrogens (tertiary/aromatic N) is 1.